The van der Waals surface area contributed by atoms with E-state index < -0.39 is 44.8 Å². The summed E-state index contributed by atoms with van der Waals surface area (Å²) in [6.45, 7) is 0. The molecule has 2 aromatic rings. The third-order valence-corrected chi connectivity index (χ3v) is 4.54. The molecule has 10 nitrogen and oxygen atoms in total. The van der Waals surface area contributed by atoms with Gasteiger partial charge >= 0.3 is 6.18 Å². The van der Waals surface area contributed by atoms with Gasteiger partial charge in [0.15, 0.2) is 0 Å². The molecule has 0 fully saturated rings. The summed E-state index contributed by atoms with van der Waals surface area (Å²) < 4.78 is 38.1. The van der Waals surface area contributed by atoms with Crippen LogP contribution in [0.5, 0.6) is 0 Å². The van der Waals surface area contributed by atoms with E-state index in [4.69, 9.17) is 0 Å². The lowest BCUT2D eigenvalue weighted by Gasteiger charge is -2.09. The fourth-order valence-electron chi connectivity index (χ4n) is 2.10. The number of nitro groups is 2. The lowest BCUT2D eigenvalue weighted by atomic mass is 10.2. The van der Waals surface area contributed by atoms with Crippen LogP contribution in [0, 0.1) is 20.2 Å². The smallest absolute Gasteiger partial charge is 0.272 e. The van der Waals surface area contributed by atoms with Crippen molar-refractivity contribution in [3.8, 4) is 0 Å². The van der Waals surface area contributed by atoms with E-state index in [1.807, 2.05) is 10.9 Å². The van der Waals surface area contributed by atoms with Gasteiger partial charge in [-0.15, -0.1) is 11.8 Å². The van der Waals surface area contributed by atoms with Crippen LogP contribution < -0.4 is 10.9 Å². The molecule has 0 aromatic heterocycles. The number of nitro benzene ring substituents is 2. The van der Waals surface area contributed by atoms with Crippen LogP contribution >= 0.6 is 11.8 Å². The van der Waals surface area contributed by atoms with Crippen molar-refractivity contribution in [1.82, 2.24) is 10.9 Å². The number of alkyl halides is 3. The minimum absolute atomic E-state index is 0.101. The molecule has 0 bridgehead atoms. The summed E-state index contributed by atoms with van der Waals surface area (Å²) in [5.74, 6) is -2.12. The molecular weight excluding hydrogens is 433 g/mol. The molecule has 0 aliphatic rings. The topological polar surface area (TPSA) is 144 Å². The molecule has 158 valence electrons. The number of hydrogen-bond acceptors (Lipinski definition) is 7. The lowest BCUT2D eigenvalue weighted by Crippen LogP contribution is -2.42. The first-order valence-electron chi connectivity index (χ1n) is 7.81. The van der Waals surface area contributed by atoms with Crippen LogP contribution in [0.2, 0.25) is 0 Å². The minimum Gasteiger partial charge on any atom is -0.272 e. The molecule has 0 unspecified atom stereocenters. The maximum atomic E-state index is 12.7. The predicted octanol–water partition coefficient (Wildman–Crippen LogP) is 3.08. The molecule has 2 amide bonds. The Labute approximate surface area is 169 Å². The maximum Gasteiger partial charge on any atom is 0.416 e. The average molecular weight is 444 g/mol. The molecule has 2 rings (SSSR count). The van der Waals surface area contributed by atoms with Crippen LogP contribution in [0.4, 0.5) is 24.5 Å². The van der Waals surface area contributed by atoms with E-state index in [0.29, 0.717) is 23.9 Å². The SMILES string of the molecule is O=C(CSc1ccc(C(F)(F)F)cc1[N+](=O)[O-])NNC(=O)c1cccc([N+](=O)[O-])c1. The summed E-state index contributed by atoms with van der Waals surface area (Å²) in [4.78, 5) is 43.6. The third kappa shape index (κ3) is 5.91. The van der Waals surface area contributed by atoms with Crippen molar-refractivity contribution >= 4 is 35.0 Å². The van der Waals surface area contributed by atoms with E-state index in [9.17, 15) is 43.0 Å². The van der Waals surface area contributed by atoms with E-state index >= 15 is 0 Å². The fourth-order valence-corrected chi connectivity index (χ4v) is 2.90. The molecule has 0 spiro atoms. The van der Waals surface area contributed by atoms with Crippen molar-refractivity contribution in [3.05, 3.63) is 73.8 Å². The quantitative estimate of drug-likeness (QED) is 0.396. The third-order valence-electron chi connectivity index (χ3n) is 3.48. The van der Waals surface area contributed by atoms with E-state index in [1.54, 1.807) is 0 Å². The molecule has 0 aliphatic heterocycles. The van der Waals surface area contributed by atoms with Crippen molar-refractivity contribution in [2.75, 3.05) is 5.75 Å². The van der Waals surface area contributed by atoms with Gasteiger partial charge in [-0.05, 0) is 18.2 Å². The second-order valence-electron chi connectivity index (χ2n) is 5.54. The lowest BCUT2D eigenvalue weighted by molar-refractivity contribution is -0.388. The zero-order chi connectivity index (χ0) is 22.5. The van der Waals surface area contributed by atoms with Gasteiger partial charge in [0.25, 0.3) is 17.3 Å². The molecule has 0 aliphatic carbocycles. The second kappa shape index (κ2) is 9.21. The highest BCUT2D eigenvalue weighted by Crippen LogP contribution is 2.36. The zero-order valence-electron chi connectivity index (χ0n) is 14.6. The van der Waals surface area contributed by atoms with E-state index in [0.717, 1.165) is 12.1 Å². The van der Waals surface area contributed by atoms with Crippen LogP contribution in [0.25, 0.3) is 0 Å². The largest absolute Gasteiger partial charge is 0.416 e. The highest BCUT2D eigenvalue weighted by Gasteiger charge is 2.33. The first kappa shape index (κ1) is 22.6. The number of hydrazine groups is 1. The number of hydrogen-bond donors (Lipinski definition) is 2. The maximum absolute atomic E-state index is 12.7. The Morgan fingerprint density at radius 2 is 1.70 bits per heavy atom. The summed E-state index contributed by atoms with van der Waals surface area (Å²) in [5, 5.41) is 21.7. The highest BCUT2D eigenvalue weighted by molar-refractivity contribution is 8.00. The molecule has 0 radical (unpaired) electrons. The first-order chi connectivity index (χ1) is 14.0. The number of benzene rings is 2. The van der Waals surface area contributed by atoms with Crippen LogP contribution in [-0.4, -0.2) is 27.4 Å². The Bertz CT molecular complexity index is 1010. The van der Waals surface area contributed by atoms with Crippen molar-refractivity contribution in [2.45, 2.75) is 11.1 Å². The van der Waals surface area contributed by atoms with Gasteiger partial charge < -0.3 is 0 Å². The predicted molar refractivity (Wildman–Crippen MR) is 97.5 cm³/mol. The summed E-state index contributed by atoms with van der Waals surface area (Å²) in [7, 11) is 0. The molecule has 0 heterocycles. The summed E-state index contributed by atoms with van der Waals surface area (Å²) >= 11 is 0.595. The average Bonchev–Trinajstić information content (AvgIpc) is 2.69. The van der Waals surface area contributed by atoms with Crippen molar-refractivity contribution < 1.29 is 32.6 Å². The number of carbonyl (C=O) groups excluding carboxylic acids is 2. The molecule has 30 heavy (non-hydrogen) atoms. The molecule has 2 N–H and O–H groups in total. The van der Waals surface area contributed by atoms with Gasteiger partial charge in [0, 0.05) is 23.8 Å². The molecule has 0 saturated heterocycles. The van der Waals surface area contributed by atoms with Gasteiger partial charge in [0.2, 0.25) is 5.91 Å². The summed E-state index contributed by atoms with van der Waals surface area (Å²) in [6.07, 6.45) is -4.76. The Kier molecular flexibility index (Phi) is 6.94. The number of rotatable bonds is 6. The second-order valence-corrected chi connectivity index (χ2v) is 6.55. The van der Waals surface area contributed by atoms with Crippen molar-refractivity contribution in [1.29, 1.82) is 0 Å². The molecule has 14 heteroatoms. The van der Waals surface area contributed by atoms with Gasteiger partial charge in [0.05, 0.1) is 26.1 Å². The van der Waals surface area contributed by atoms with Crippen LogP contribution in [0.1, 0.15) is 15.9 Å². The van der Waals surface area contributed by atoms with Crippen LogP contribution in [-0.2, 0) is 11.0 Å². The normalized spacial score (nSPS) is 10.9. The summed E-state index contributed by atoms with van der Waals surface area (Å²) in [5.41, 5.74) is 1.56. The zero-order valence-corrected chi connectivity index (χ0v) is 15.5. The standard InChI is InChI=1S/C16H11F3N4O6S/c17-16(18,19)10-4-5-13(12(7-10)23(28)29)30-8-14(24)20-21-15(25)9-2-1-3-11(6-9)22(26)27/h1-7H,8H2,(H,20,24)(H,21,25). The van der Waals surface area contributed by atoms with Crippen molar-refractivity contribution in [2.24, 2.45) is 0 Å². The van der Waals surface area contributed by atoms with E-state index in [1.165, 1.54) is 18.2 Å². The molecule has 0 saturated carbocycles. The summed E-state index contributed by atoms with van der Waals surface area (Å²) in [6, 6.07) is 6.59. The molecular formula is C16H11F3N4O6S. The Morgan fingerprint density at radius 1 is 1.00 bits per heavy atom. The van der Waals surface area contributed by atoms with Gasteiger partial charge in [-0.3, -0.25) is 40.7 Å². The minimum atomic E-state index is -4.76. The fraction of sp³-hybridized carbons (Fsp3) is 0.125. The highest BCUT2D eigenvalue weighted by atomic mass is 32.2. The number of thioether (sulfide) groups is 1. The molecule has 2 aromatic carbocycles. The van der Waals surface area contributed by atoms with Gasteiger partial charge in [-0.25, -0.2) is 0 Å². The number of carbonyl (C=O) groups is 2. The van der Waals surface area contributed by atoms with Gasteiger partial charge in [0.1, 0.15) is 0 Å². The monoisotopic (exact) mass is 444 g/mol. The van der Waals surface area contributed by atoms with Gasteiger partial charge in [-0.2, -0.15) is 13.2 Å². The number of halogens is 3. The Balaban J connectivity index is 1.98. The number of nitrogens with zero attached hydrogens (tertiary/aromatic N) is 2. The number of amides is 2. The van der Waals surface area contributed by atoms with Crippen molar-refractivity contribution in [3.63, 3.8) is 0 Å². The van der Waals surface area contributed by atoms with E-state index in [-0.39, 0.29) is 16.1 Å². The van der Waals surface area contributed by atoms with Crippen LogP contribution in [0.15, 0.2) is 47.4 Å². The Morgan fingerprint density at radius 3 is 2.30 bits per heavy atom. The first-order valence-corrected chi connectivity index (χ1v) is 8.79. The molecule has 0 atom stereocenters. The number of nitrogens with one attached hydrogen (secondary N) is 2. The van der Waals surface area contributed by atoms with Gasteiger partial charge in [-0.1, -0.05) is 6.07 Å². The van der Waals surface area contributed by atoms with E-state index in [2.05, 4.69) is 0 Å². The number of non-ortho nitro benzene ring substituents is 1. The Hall–Kier alpha value is -3.68. The van der Waals surface area contributed by atoms with Crippen LogP contribution in [0.3, 0.4) is 0 Å².